The van der Waals surface area contributed by atoms with E-state index in [9.17, 15) is 13.2 Å². The number of thiophene rings is 1. The van der Waals surface area contributed by atoms with Gasteiger partial charge >= 0.3 is 0 Å². The molecule has 140 valence electrons. The number of rotatable bonds is 7. The molecular weight excluding hydrogens is 368 g/mol. The van der Waals surface area contributed by atoms with Gasteiger partial charge in [-0.15, -0.1) is 11.3 Å². The summed E-state index contributed by atoms with van der Waals surface area (Å²) in [5.74, 6) is -0.249. The minimum atomic E-state index is -3.71. The summed E-state index contributed by atoms with van der Waals surface area (Å²) in [6.45, 7) is 0. The lowest BCUT2D eigenvalue weighted by atomic mass is 9.95. The first-order valence-corrected chi connectivity index (χ1v) is 11.3. The molecule has 1 aromatic heterocycles. The van der Waals surface area contributed by atoms with Gasteiger partial charge in [0, 0.05) is 6.04 Å². The van der Waals surface area contributed by atoms with Gasteiger partial charge in [-0.1, -0.05) is 55.7 Å². The van der Waals surface area contributed by atoms with Crippen LogP contribution < -0.4 is 10.0 Å². The molecule has 5 nitrogen and oxygen atoms in total. The Bertz CT molecular complexity index is 799. The highest BCUT2D eigenvalue weighted by Crippen LogP contribution is 2.19. The number of hydrogen-bond acceptors (Lipinski definition) is 4. The van der Waals surface area contributed by atoms with Crippen LogP contribution in [0.1, 0.15) is 37.7 Å². The zero-order chi connectivity index (χ0) is 18.4. The Morgan fingerprint density at radius 2 is 1.81 bits per heavy atom. The van der Waals surface area contributed by atoms with E-state index in [1.54, 1.807) is 17.5 Å². The molecule has 1 fully saturated rings. The fourth-order valence-corrected chi connectivity index (χ4v) is 5.45. The van der Waals surface area contributed by atoms with Gasteiger partial charge in [-0.25, -0.2) is 8.42 Å². The molecule has 1 aromatic carbocycles. The molecule has 7 heteroatoms. The molecule has 1 amide bonds. The van der Waals surface area contributed by atoms with Crippen molar-refractivity contribution in [2.75, 3.05) is 0 Å². The fourth-order valence-electron chi connectivity index (χ4n) is 3.25. The molecule has 0 bridgehead atoms. The molecule has 0 saturated heterocycles. The molecule has 1 atom stereocenters. The number of nitrogens with one attached hydrogen (secondary N) is 2. The quantitative estimate of drug-likeness (QED) is 0.760. The first kappa shape index (κ1) is 19.1. The molecule has 3 rings (SSSR count). The van der Waals surface area contributed by atoms with Gasteiger partial charge in [-0.2, -0.15) is 4.72 Å². The van der Waals surface area contributed by atoms with Gasteiger partial charge < -0.3 is 5.32 Å². The van der Waals surface area contributed by atoms with Crippen molar-refractivity contribution in [3.05, 3.63) is 53.4 Å². The molecule has 1 aliphatic carbocycles. The maximum absolute atomic E-state index is 12.8. The number of hydrogen-bond donors (Lipinski definition) is 2. The van der Waals surface area contributed by atoms with E-state index >= 15 is 0 Å². The molecule has 0 aliphatic heterocycles. The summed E-state index contributed by atoms with van der Waals surface area (Å²) in [6.07, 6.45) is 5.65. The van der Waals surface area contributed by atoms with E-state index in [0.29, 0.717) is 6.42 Å². The van der Waals surface area contributed by atoms with Crippen LogP contribution >= 0.6 is 11.3 Å². The monoisotopic (exact) mass is 392 g/mol. The molecule has 26 heavy (non-hydrogen) atoms. The van der Waals surface area contributed by atoms with E-state index in [2.05, 4.69) is 10.0 Å². The van der Waals surface area contributed by atoms with Crippen LogP contribution in [0.4, 0.5) is 0 Å². The van der Waals surface area contributed by atoms with Gasteiger partial charge in [-0.3, -0.25) is 4.79 Å². The van der Waals surface area contributed by atoms with Crippen LogP contribution in [0.5, 0.6) is 0 Å². The highest BCUT2D eigenvalue weighted by molar-refractivity contribution is 7.91. The van der Waals surface area contributed by atoms with Crippen molar-refractivity contribution in [1.82, 2.24) is 10.0 Å². The van der Waals surface area contributed by atoms with Crippen molar-refractivity contribution < 1.29 is 13.2 Å². The normalized spacial score (nSPS) is 16.9. The SMILES string of the molecule is O=C(NC1CCCCC1)[C@@H](Cc1ccccc1)NS(=O)(=O)c1cccs1. The predicted molar refractivity (Wildman–Crippen MR) is 104 cm³/mol. The number of sulfonamides is 1. The van der Waals surface area contributed by atoms with Crippen molar-refractivity contribution >= 4 is 27.3 Å². The van der Waals surface area contributed by atoms with Gasteiger partial charge in [0.2, 0.25) is 5.91 Å². The van der Waals surface area contributed by atoms with Crippen LogP contribution in [-0.2, 0) is 21.2 Å². The van der Waals surface area contributed by atoms with Crippen molar-refractivity contribution in [3.8, 4) is 0 Å². The Labute approximate surface area is 158 Å². The number of carbonyl (C=O) groups is 1. The first-order valence-electron chi connectivity index (χ1n) is 8.95. The van der Waals surface area contributed by atoms with Gasteiger partial charge in [0.1, 0.15) is 10.3 Å². The minimum absolute atomic E-state index is 0.140. The average molecular weight is 393 g/mol. The topological polar surface area (TPSA) is 75.3 Å². The molecule has 2 aromatic rings. The first-order chi connectivity index (χ1) is 12.5. The van der Waals surface area contributed by atoms with Crippen molar-refractivity contribution in [2.45, 2.75) is 54.8 Å². The number of carbonyl (C=O) groups excluding carboxylic acids is 1. The summed E-state index contributed by atoms with van der Waals surface area (Å²) >= 11 is 1.14. The molecule has 1 saturated carbocycles. The van der Waals surface area contributed by atoms with E-state index in [4.69, 9.17) is 0 Å². The Morgan fingerprint density at radius 3 is 2.46 bits per heavy atom. The molecule has 0 spiro atoms. The lowest BCUT2D eigenvalue weighted by Crippen LogP contribution is -2.50. The summed E-state index contributed by atoms with van der Waals surface area (Å²) in [7, 11) is -3.71. The largest absolute Gasteiger partial charge is 0.352 e. The van der Waals surface area contributed by atoms with E-state index < -0.39 is 16.1 Å². The Kier molecular flexibility index (Phi) is 6.45. The van der Waals surface area contributed by atoms with Gasteiger partial charge in [0.15, 0.2) is 0 Å². The Hall–Kier alpha value is -1.70. The van der Waals surface area contributed by atoms with Crippen LogP contribution in [0.3, 0.4) is 0 Å². The third-order valence-corrected chi connectivity index (χ3v) is 7.48. The van der Waals surface area contributed by atoms with E-state index in [0.717, 1.165) is 42.6 Å². The van der Waals surface area contributed by atoms with Gasteiger partial charge in [0.05, 0.1) is 0 Å². The van der Waals surface area contributed by atoms with Crippen molar-refractivity contribution in [1.29, 1.82) is 0 Å². The maximum Gasteiger partial charge on any atom is 0.250 e. The average Bonchev–Trinajstić information content (AvgIpc) is 3.18. The second-order valence-electron chi connectivity index (χ2n) is 6.64. The Morgan fingerprint density at radius 1 is 1.08 bits per heavy atom. The fraction of sp³-hybridized carbons (Fsp3) is 0.421. The lowest BCUT2D eigenvalue weighted by molar-refractivity contribution is -0.123. The summed E-state index contributed by atoms with van der Waals surface area (Å²) < 4.78 is 28.0. The van der Waals surface area contributed by atoms with Crippen LogP contribution in [0.25, 0.3) is 0 Å². The lowest BCUT2D eigenvalue weighted by Gasteiger charge is -2.26. The summed E-state index contributed by atoms with van der Waals surface area (Å²) in [5, 5.41) is 4.76. The predicted octanol–water partition coefficient (Wildman–Crippen LogP) is 3.09. The highest BCUT2D eigenvalue weighted by atomic mass is 32.2. The van der Waals surface area contributed by atoms with E-state index in [1.807, 2.05) is 30.3 Å². The second-order valence-corrected chi connectivity index (χ2v) is 9.53. The van der Waals surface area contributed by atoms with Crippen LogP contribution in [0.2, 0.25) is 0 Å². The van der Waals surface area contributed by atoms with Crippen molar-refractivity contribution in [3.63, 3.8) is 0 Å². The summed E-state index contributed by atoms with van der Waals surface area (Å²) in [6, 6.07) is 12.0. The molecule has 1 aliphatic rings. The third-order valence-electron chi connectivity index (χ3n) is 4.61. The van der Waals surface area contributed by atoms with E-state index in [1.165, 1.54) is 6.42 Å². The molecule has 0 unspecified atom stereocenters. The van der Waals surface area contributed by atoms with Gasteiger partial charge in [0.25, 0.3) is 10.0 Å². The summed E-state index contributed by atoms with van der Waals surface area (Å²) in [5.41, 5.74) is 0.921. The maximum atomic E-state index is 12.8. The van der Waals surface area contributed by atoms with Gasteiger partial charge in [-0.05, 0) is 36.3 Å². The highest BCUT2D eigenvalue weighted by Gasteiger charge is 2.28. The third kappa shape index (κ3) is 5.16. The summed E-state index contributed by atoms with van der Waals surface area (Å²) in [4.78, 5) is 12.8. The Balaban J connectivity index is 1.75. The number of benzene rings is 1. The molecular formula is C19H24N2O3S2. The molecule has 0 radical (unpaired) electrons. The molecule has 2 N–H and O–H groups in total. The van der Waals surface area contributed by atoms with Crippen LogP contribution in [0.15, 0.2) is 52.1 Å². The van der Waals surface area contributed by atoms with Crippen LogP contribution in [-0.4, -0.2) is 26.4 Å². The number of amides is 1. The standard InChI is InChI=1S/C19H24N2O3S2/c22-19(20-16-10-5-2-6-11-16)17(14-15-8-3-1-4-9-15)21-26(23,24)18-12-7-13-25-18/h1,3-4,7-9,12-13,16-17,21H,2,5-6,10-11,14H2,(H,20,22)/t17-/m1/s1. The molecule has 1 heterocycles. The smallest absolute Gasteiger partial charge is 0.250 e. The van der Waals surface area contributed by atoms with Crippen molar-refractivity contribution in [2.24, 2.45) is 0 Å². The second kappa shape index (κ2) is 8.79. The zero-order valence-electron chi connectivity index (χ0n) is 14.6. The zero-order valence-corrected chi connectivity index (χ0v) is 16.2. The van der Waals surface area contributed by atoms with Crippen LogP contribution in [0, 0.1) is 0 Å². The van der Waals surface area contributed by atoms with E-state index in [-0.39, 0.29) is 16.2 Å². The minimum Gasteiger partial charge on any atom is -0.352 e.